The summed E-state index contributed by atoms with van der Waals surface area (Å²) in [4.78, 5) is 12.1. The summed E-state index contributed by atoms with van der Waals surface area (Å²) in [5.74, 6) is -0.102. The quantitative estimate of drug-likeness (QED) is 0.840. The molecule has 20 heavy (non-hydrogen) atoms. The predicted molar refractivity (Wildman–Crippen MR) is 82.7 cm³/mol. The van der Waals surface area contributed by atoms with Gasteiger partial charge in [-0.25, -0.2) is 0 Å². The molecule has 2 aromatic carbocycles. The Kier molecular flexibility index (Phi) is 4.08. The van der Waals surface area contributed by atoms with Crippen molar-refractivity contribution in [2.24, 2.45) is 0 Å². The summed E-state index contributed by atoms with van der Waals surface area (Å²) in [6, 6.07) is 11.3. The van der Waals surface area contributed by atoms with Gasteiger partial charge in [0.15, 0.2) is 0 Å². The highest BCUT2D eigenvalue weighted by Crippen LogP contribution is 2.15. The van der Waals surface area contributed by atoms with E-state index in [0.29, 0.717) is 17.8 Å². The third-order valence-electron chi connectivity index (χ3n) is 3.54. The fourth-order valence-electron chi connectivity index (χ4n) is 2.17. The fourth-order valence-corrected chi connectivity index (χ4v) is 2.17. The SMILES string of the molecule is Cc1cc(C)c(CNC(=O)c2cccc(N)c2)cc1C. The number of nitrogens with one attached hydrogen (secondary N) is 1. The average Bonchev–Trinajstić information content (AvgIpc) is 2.41. The summed E-state index contributed by atoms with van der Waals surface area (Å²) in [6.07, 6.45) is 0. The first-order valence-electron chi connectivity index (χ1n) is 6.68. The van der Waals surface area contributed by atoms with Crippen LogP contribution in [0.1, 0.15) is 32.6 Å². The van der Waals surface area contributed by atoms with Crippen LogP contribution >= 0.6 is 0 Å². The van der Waals surface area contributed by atoms with Crippen molar-refractivity contribution in [2.75, 3.05) is 5.73 Å². The van der Waals surface area contributed by atoms with E-state index in [9.17, 15) is 4.79 Å². The van der Waals surface area contributed by atoms with Gasteiger partial charge in [0.25, 0.3) is 5.91 Å². The van der Waals surface area contributed by atoms with Gasteiger partial charge < -0.3 is 11.1 Å². The van der Waals surface area contributed by atoms with Gasteiger partial charge in [0, 0.05) is 17.8 Å². The highest BCUT2D eigenvalue weighted by Gasteiger charge is 2.07. The van der Waals surface area contributed by atoms with Crippen LogP contribution in [0.2, 0.25) is 0 Å². The van der Waals surface area contributed by atoms with E-state index < -0.39 is 0 Å². The molecule has 3 heteroatoms. The first kappa shape index (κ1) is 14.1. The van der Waals surface area contributed by atoms with Crippen molar-refractivity contribution >= 4 is 11.6 Å². The molecule has 0 heterocycles. The first-order valence-corrected chi connectivity index (χ1v) is 6.68. The minimum absolute atomic E-state index is 0.102. The number of hydrogen-bond donors (Lipinski definition) is 2. The van der Waals surface area contributed by atoms with Gasteiger partial charge in [-0.15, -0.1) is 0 Å². The second-order valence-electron chi connectivity index (χ2n) is 5.17. The molecule has 0 saturated heterocycles. The number of nitrogens with two attached hydrogens (primary N) is 1. The molecule has 0 aromatic heterocycles. The lowest BCUT2D eigenvalue weighted by atomic mass is 10.0. The Labute approximate surface area is 119 Å². The molecule has 0 aliphatic carbocycles. The van der Waals surface area contributed by atoms with Crippen molar-refractivity contribution in [2.45, 2.75) is 27.3 Å². The number of aryl methyl sites for hydroxylation is 3. The number of carbonyl (C=O) groups is 1. The van der Waals surface area contributed by atoms with E-state index in [-0.39, 0.29) is 5.91 Å². The fraction of sp³-hybridized carbons (Fsp3) is 0.235. The van der Waals surface area contributed by atoms with E-state index in [1.54, 1.807) is 24.3 Å². The van der Waals surface area contributed by atoms with Crippen molar-refractivity contribution < 1.29 is 4.79 Å². The van der Waals surface area contributed by atoms with Crippen molar-refractivity contribution in [1.82, 2.24) is 5.32 Å². The van der Waals surface area contributed by atoms with Crippen LogP contribution in [0.25, 0.3) is 0 Å². The molecule has 2 aromatic rings. The zero-order valence-electron chi connectivity index (χ0n) is 12.2. The Balaban J connectivity index is 2.09. The monoisotopic (exact) mass is 268 g/mol. The largest absolute Gasteiger partial charge is 0.399 e. The van der Waals surface area contributed by atoms with Crippen LogP contribution in [0.3, 0.4) is 0 Å². The minimum atomic E-state index is -0.102. The van der Waals surface area contributed by atoms with Crippen LogP contribution in [0.5, 0.6) is 0 Å². The Morgan fingerprint density at radius 1 is 1.05 bits per heavy atom. The van der Waals surface area contributed by atoms with E-state index >= 15 is 0 Å². The van der Waals surface area contributed by atoms with Crippen LogP contribution in [-0.4, -0.2) is 5.91 Å². The molecule has 1 amide bonds. The van der Waals surface area contributed by atoms with Crippen molar-refractivity contribution in [3.8, 4) is 0 Å². The Morgan fingerprint density at radius 3 is 2.45 bits per heavy atom. The van der Waals surface area contributed by atoms with Gasteiger partial charge in [-0.3, -0.25) is 4.79 Å². The number of carbonyl (C=O) groups excluding carboxylic acids is 1. The second-order valence-corrected chi connectivity index (χ2v) is 5.17. The van der Waals surface area contributed by atoms with E-state index in [4.69, 9.17) is 5.73 Å². The molecular formula is C17H20N2O. The van der Waals surface area contributed by atoms with Crippen molar-refractivity contribution in [3.63, 3.8) is 0 Å². The van der Waals surface area contributed by atoms with Crippen LogP contribution < -0.4 is 11.1 Å². The zero-order chi connectivity index (χ0) is 14.7. The topological polar surface area (TPSA) is 55.1 Å². The summed E-state index contributed by atoms with van der Waals surface area (Å²) >= 11 is 0. The third kappa shape index (κ3) is 3.18. The zero-order valence-corrected chi connectivity index (χ0v) is 12.2. The van der Waals surface area contributed by atoms with Crippen LogP contribution in [0.15, 0.2) is 36.4 Å². The van der Waals surface area contributed by atoms with Crippen molar-refractivity contribution in [1.29, 1.82) is 0 Å². The molecule has 0 fully saturated rings. The average molecular weight is 268 g/mol. The molecule has 0 radical (unpaired) electrons. The number of nitrogen functional groups attached to an aromatic ring is 1. The van der Waals surface area contributed by atoms with E-state index in [1.807, 2.05) is 0 Å². The smallest absolute Gasteiger partial charge is 0.251 e. The Hall–Kier alpha value is -2.29. The summed E-state index contributed by atoms with van der Waals surface area (Å²) in [5, 5.41) is 2.94. The number of benzene rings is 2. The van der Waals surface area contributed by atoms with Crippen LogP contribution in [0, 0.1) is 20.8 Å². The Morgan fingerprint density at radius 2 is 1.75 bits per heavy atom. The van der Waals surface area contributed by atoms with Gasteiger partial charge in [0.05, 0.1) is 0 Å². The highest BCUT2D eigenvalue weighted by molar-refractivity contribution is 5.94. The molecule has 0 bridgehead atoms. The molecule has 2 rings (SSSR count). The normalized spacial score (nSPS) is 10.3. The predicted octanol–water partition coefficient (Wildman–Crippen LogP) is 3.12. The minimum Gasteiger partial charge on any atom is -0.399 e. The lowest BCUT2D eigenvalue weighted by Crippen LogP contribution is -2.23. The standard InChI is InChI=1S/C17H20N2O/c1-11-7-13(3)15(8-12(11)2)10-19-17(20)14-5-4-6-16(18)9-14/h4-9H,10,18H2,1-3H3,(H,19,20). The van der Waals surface area contributed by atoms with Crippen LogP contribution in [0.4, 0.5) is 5.69 Å². The number of amides is 1. The molecule has 0 aliphatic rings. The maximum Gasteiger partial charge on any atom is 0.251 e. The maximum atomic E-state index is 12.1. The number of anilines is 1. The second kappa shape index (κ2) is 5.78. The molecular weight excluding hydrogens is 248 g/mol. The van der Waals surface area contributed by atoms with Crippen molar-refractivity contribution in [3.05, 3.63) is 64.2 Å². The number of hydrogen-bond acceptors (Lipinski definition) is 2. The lowest BCUT2D eigenvalue weighted by Gasteiger charge is -2.11. The maximum absolute atomic E-state index is 12.1. The summed E-state index contributed by atoms with van der Waals surface area (Å²) in [7, 11) is 0. The molecule has 104 valence electrons. The molecule has 0 unspecified atom stereocenters. The lowest BCUT2D eigenvalue weighted by molar-refractivity contribution is 0.0951. The Bertz CT molecular complexity index is 647. The highest BCUT2D eigenvalue weighted by atomic mass is 16.1. The number of rotatable bonds is 3. The van der Waals surface area contributed by atoms with E-state index in [2.05, 4.69) is 38.2 Å². The summed E-state index contributed by atoms with van der Waals surface area (Å²) in [5.41, 5.74) is 11.7. The molecule has 3 nitrogen and oxygen atoms in total. The third-order valence-corrected chi connectivity index (χ3v) is 3.54. The molecule has 0 aliphatic heterocycles. The molecule has 0 atom stereocenters. The molecule has 0 spiro atoms. The van der Waals surface area contributed by atoms with E-state index in [0.717, 1.165) is 5.56 Å². The molecule has 3 N–H and O–H groups in total. The van der Waals surface area contributed by atoms with Gasteiger partial charge >= 0.3 is 0 Å². The van der Waals surface area contributed by atoms with Gasteiger partial charge in [0.1, 0.15) is 0 Å². The molecule has 0 saturated carbocycles. The van der Waals surface area contributed by atoms with Gasteiger partial charge in [0.2, 0.25) is 0 Å². The summed E-state index contributed by atoms with van der Waals surface area (Å²) < 4.78 is 0. The van der Waals surface area contributed by atoms with E-state index in [1.165, 1.54) is 16.7 Å². The van der Waals surface area contributed by atoms with Crippen LogP contribution in [-0.2, 0) is 6.54 Å². The van der Waals surface area contributed by atoms with Gasteiger partial charge in [-0.1, -0.05) is 18.2 Å². The van der Waals surface area contributed by atoms with Gasteiger partial charge in [-0.05, 0) is 61.2 Å². The first-order chi connectivity index (χ1) is 9.47. The van der Waals surface area contributed by atoms with Gasteiger partial charge in [-0.2, -0.15) is 0 Å². The summed E-state index contributed by atoms with van der Waals surface area (Å²) in [6.45, 7) is 6.77.